The molecule has 2 heterocycles. The van der Waals surface area contributed by atoms with Crippen molar-refractivity contribution in [3.8, 4) is 0 Å². The van der Waals surface area contributed by atoms with E-state index >= 15 is 0 Å². The lowest BCUT2D eigenvalue weighted by Gasteiger charge is -2.11. The van der Waals surface area contributed by atoms with Crippen molar-refractivity contribution in [1.82, 2.24) is 9.97 Å². The Morgan fingerprint density at radius 2 is 2.41 bits per heavy atom. The quantitative estimate of drug-likeness (QED) is 0.822. The minimum absolute atomic E-state index is 0.508. The van der Waals surface area contributed by atoms with E-state index in [4.69, 9.17) is 16.3 Å². The third kappa shape index (κ3) is 3.82. The van der Waals surface area contributed by atoms with Gasteiger partial charge in [-0.1, -0.05) is 18.5 Å². The van der Waals surface area contributed by atoms with E-state index in [9.17, 15) is 0 Å². The first-order valence-corrected chi connectivity index (χ1v) is 6.51. The Morgan fingerprint density at radius 1 is 1.53 bits per heavy atom. The van der Waals surface area contributed by atoms with Gasteiger partial charge in [-0.05, 0) is 12.8 Å². The average Bonchev–Trinajstić information content (AvgIpc) is 2.79. The van der Waals surface area contributed by atoms with Gasteiger partial charge in [-0.25, -0.2) is 9.97 Å². The van der Waals surface area contributed by atoms with Crippen molar-refractivity contribution >= 4 is 17.4 Å². The van der Waals surface area contributed by atoms with Crippen LogP contribution in [0.15, 0.2) is 6.07 Å². The molecule has 1 aromatic heterocycles. The molecule has 1 aliphatic heterocycles. The fourth-order valence-corrected chi connectivity index (χ4v) is 2.08. The molecule has 0 radical (unpaired) electrons. The van der Waals surface area contributed by atoms with Gasteiger partial charge < -0.3 is 10.1 Å². The van der Waals surface area contributed by atoms with Gasteiger partial charge in [-0.2, -0.15) is 0 Å². The summed E-state index contributed by atoms with van der Waals surface area (Å²) in [5.41, 5.74) is 0. The molecule has 94 valence electrons. The van der Waals surface area contributed by atoms with Crippen LogP contribution in [0.1, 0.15) is 25.6 Å². The maximum atomic E-state index is 5.97. The third-order valence-electron chi connectivity index (χ3n) is 2.81. The fraction of sp³-hybridized carbons (Fsp3) is 0.667. The van der Waals surface area contributed by atoms with E-state index in [2.05, 4.69) is 22.2 Å². The van der Waals surface area contributed by atoms with Gasteiger partial charge in [0.05, 0.1) is 6.61 Å². The lowest BCUT2D eigenvalue weighted by molar-refractivity contribution is 0.187. The molecule has 5 heteroatoms. The third-order valence-corrected chi connectivity index (χ3v) is 3.00. The number of rotatable bonds is 5. The molecule has 0 bridgehead atoms. The van der Waals surface area contributed by atoms with E-state index in [-0.39, 0.29) is 0 Å². The van der Waals surface area contributed by atoms with Crippen LogP contribution < -0.4 is 5.32 Å². The molecule has 0 amide bonds. The van der Waals surface area contributed by atoms with Crippen LogP contribution in [0.5, 0.6) is 0 Å². The van der Waals surface area contributed by atoms with Gasteiger partial charge in [0.15, 0.2) is 0 Å². The van der Waals surface area contributed by atoms with Gasteiger partial charge in [-0.3, -0.25) is 0 Å². The molecule has 0 spiro atoms. The Hall–Kier alpha value is -0.870. The predicted molar refractivity (Wildman–Crippen MR) is 68.5 cm³/mol. The first-order chi connectivity index (χ1) is 8.28. The number of anilines is 1. The largest absolute Gasteiger partial charge is 0.381 e. The maximum Gasteiger partial charge on any atom is 0.134 e. The summed E-state index contributed by atoms with van der Waals surface area (Å²) in [5, 5.41) is 3.82. The molecule has 1 saturated heterocycles. The fourth-order valence-electron chi connectivity index (χ4n) is 1.88. The lowest BCUT2D eigenvalue weighted by Crippen LogP contribution is -2.15. The van der Waals surface area contributed by atoms with Crippen LogP contribution in [0.3, 0.4) is 0 Å². The van der Waals surface area contributed by atoms with Crippen LogP contribution in [-0.2, 0) is 11.2 Å². The maximum absolute atomic E-state index is 5.97. The highest BCUT2D eigenvalue weighted by Crippen LogP contribution is 2.16. The van der Waals surface area contributed by atoms with Gasteiger partial charge in [-0.15, -0.1) is 0 Å². The van der Waals surface area contributed by atoms with Gasteiger partial charge in [0, 0.05) is 31.6 Å². The molecule has 1 aromatic rings. The summed E-state index contributed by atoms with van der Waals surface area (Å²) in [6.45, 7) is 4.71. The average molecular weight is 256 g/mol. The van der Waals surface area contributed by atoms with Crippen LogP contribution in [0.2, 0.25) is 5.15 Å². The first-order valence-electron chi connectivity index (χ1n) is 6.13. The number of aromatic nitrogens is 2. The van der Waals surface area contributed by atoms with Crippen molar-refractivity contribution in [2.24, 2.45) is 5.92 Å². The standard InChI is InChI=1S/C12H18ClN3O/c1-2-3-11-15-10(13)6-12(16-11)14-7-9-4-5-17-8-9/h6,9H,2-5,7-8H2,1H3,(H,14,15,16). The molecule has 1 atom stereocenters. The Balaban J connectivity index is 1.94. The molecule has 0 aliphatic carbocycles. The second kappa shape index (κ2) is 6.17. The Bertz CT molecular complexity index is 367. The molecule has 1 aliphatic rings. The number of halogens is 1. The van der Waals surface area contributed by atoms with Crippen LogP contribution >= 0.6 is 11.6 Å². The predicted octanol–water partition coefficient (Wildman–Crippen LogP) is 2.53. The molecule has 1 unspecified atom stereocenters. The topological polar surface area (TPSA) is 47.0 Å². The minimum atomic E-state index is 0.508. The highest BCUT2D eigenvalue weighted by atomic mass is 35.5. The number of hydrogen-bond acceptors (Lipinski definition) is 4. The zero-order valence-electron chi connectivity index (χ0n) is 10.1. The normalized spacial score (nSPS) is 19.5. The summed E-state index contributed by atoms with van der Waals surface area (Å²) in [6.07, 6.45) is 3.01. The van der Waals surface area contributed by atoms with Crippen molar-refractivity contribution in [2.45, 2.75) is 26.2 Å². The molecule has 17 heavy (non-hydrogen) atoms. The van der Waals surface area contributed by atoms with Gasteiger partial charge >= 0.3 is 0 Å². The zero-order valence-corrected chi connectivity index (χ0v) is 10.8. The van der Waals surface area contributed by atoms with E-state index in [1.807, 2.05) is 0 Å². The van der Waals surface area contributed by atoms with Crippen LogP contribution in [0, 0.1) is 5.92 Å². The number of nitrogens with one attached hydrogen (secondary N) is 1. The number of ether oxygens (including phenoxy) is 1. The molecule has 4 nitrogen and oxygen atoms in total. The van der Waals surface area contributed by atoms with Gasteiger partial charge in [0.1, 0.15) is 16.8 Å². The summed E-state index contributed by atoms with van der Waals surface area (Å²) in [4.78, 5) is 8.63. The number of nitrogens with zero attached hydrogens (tertiary/aromatic N) is 2. The number of aryl methyl sites for hydroxylation is 1. The number of hydrogen-bond donors (Lipinski definition) is 1. The van der Waals surface area contributed by atoms with Crippen molar-refractivity contribution in [3.63, 3.8) is 0 Å². The molecular formula is C12H18ClN3O. The Kier molecular flexibility index (Phi) is 4.57. The van der Waals surface area contributed by atoms with Crippen molar-refractivity contribution in [2.75, 3.05) is 25.1 Å². The molecule has 1 N–H and O–H groups in total. The summed E-state index contributed by atoms with van der Waals surface area (Å²) in [7, 11) is 0. The van der Waals surface area contributed by atoms with Crippen LogP contribution in [0.25, 0.3) is 0 Å². The SMILES string of the molecule is CCCc1nc(Cl)cc(NCC2CCOC2)n1. The van der Waals surface area contributed by atoms with E-state index in [0.717, 1.165) is 50.7 Å². The highest BCUT2D eigenvalue weighted by Gasteiger charge is 2.15. The van der Waals surface area contributed by atoms with E-state index in [0.29, 0.717) is 11.1 Å². The Labute approximate surface area is 107 Å². The highest BCUT2D eigenvalue weighted by molar-refractivity contribution is 6.29. The van der Waals surface area contributed by atoms with E-state index in [1.54, 1.807) is 6.07 Å². The van der Waals surface area contributed by atoms with Crippen molar-refractivity contribution in [1.29, 1.82) is 0 Å². The van der Waals surface area contributed by atoms with Crippen molar-refractivity contribution in [3.05, 3.63) is 17.0 Å². The summed E-state index contributed by atoms with van der Waals surface area (Å²) >= 11 is 5.97. The molecule has 2 rings (SSSR count). The van der Waals surface area contributed by atoms with Crippen LogP contribution in [0.4, 0.5) is 5.82 Å². The van der Waals surface area contributed by atoms with E-state index < -0.39 is 0 Å². The summed E-state index contributed by atoms with van der Waals surface area (Å²) < 4.78 is 5.33. The minimum Gasteiger partial charge on any atom is -0.381 e. The van der Waals surface area contributed by atoms with Crippen molar-refractivity contribution < 1.29 is 4.74 Å². The van der Waals surface area contributed by atoms with Gasteiger partial charge in [0.25, 0.3) is 0 Å². The molecule has 1 fully saturated rings. The van der Waals surface area contributed by atoms with Gasteiger partial charge in [0.2, 0.25) is 0 Å². The molecule has 0 aromatic carbocycles. The Morgan fingerprint density at radius 3 is 3.12 bits per heavy atom. The summed E-state index contributed by atoms with van der Waals surface area (Å²) in [6, 6.07) is 1.77. The molecular weight excluding hydrogens is 238 g/mol. The van der Waals surface area contributed by atoms with Crippen LogP contribution in [-0.4, -0.2) is 29.7 Å². The van der Waals surface area contributed by atoms with E-state index in [1.165, 1.54) is 0 Å². The summed E-state index contributed by atoms with van der Waals surface area (Å²) in [5.74, 6) is 2.21. The lowest BCUT2D eigenvalue weighted by atomic mass is 10.1. The molecule has 0 saturated carbocycles. The zero-order chi connectivity index (χ0) is 12.1. The second-order valence-electron chi connectivity index (χ2n) is 4.35. The first kappa shape index (κ1) is 12.6. The smallest absolute Gasteiger partial charge is 0.134 e. The monoisotopic (exact) mass is 255 g/mol. The second-order valence-corrected chi connectivity index (χ2v) is 4.74.